The first-order valence-corrected chi connectivity index (χ1v) is 10.1. The Labute approximate surface area is 190 Å². The molecule has 1 aromatic carbocycles. The summed E-state index contributed by atoms with van der Waals surface area (Å²) < 4.78 is 2.12. The van der Waals surface area contributed by atoms with Gasteiger partial charge in [0, 0.05) is 44.1 Å². The predicted molar refractivity (Wildman–Crippen MR) is 130 cm³/mol. The van der Waals surface area contributed by atoms with E-state index in [0.29, 0.717) is 6.54 Å². The van der Waals surface area contributed by atoms with E-state index < -0.39 is 0 Å². The van der Waals surface area contributed by atoms with Crippen molar-refractivity contribution in [1.82, 2.24) is 14.8 Å². The molecule has 0 bridgehead atoms. The van der Waals surface area contributed by atoms with E-state index in [1.165, 1.54) is 5.69 Å². The van der Waals surface area contributed by atoms with E-state index in [2.05, 4.69) is 52.4 Å². The molecular formula is C22H32IN5O. The largest absolute Gasteiger partial charge is 0.357 e. The van der Waals surface area contributed by atoms with Crippen LogP contribution in [0.1, 0.15) is 37.4 Å². The van der Waals surface area contributed by atoms with E-state index in [1.807, 2.05) is 31.3 Å². The maximum absolute atomic E-state index is 12.2. The zero-order valence-corrected chi connectivity index (χ0v) is 19.8. The van der Waals surface area contributed by atoms with Gasteiger partial charge in [-0.3, -0.25) is 4.79 Å². The van der Waals surface area contributed by atoms with Crippen LogP contribution in [-0.4, -0.2) is 34.9 Å². The normalized spacial score (nSPS) is 14.0. The van der Waals surface area contributed by atoms with Gasteiger partial charge >= 0.3 is 0 Å². The van der Waals surface area contributed by atoms with Crippen LogP contribution in [0.5, 0.6) is 0 Å². The molecule has 1 heterocycles. The molecule has 2 aromatic rings. The number of rotatable bonds is 7. The van der Waals surface area contributed by atoms with Gasteiger partial charge in [0.2, 0.25) is 5.91 Å². The number of halogens is 1. The Morgan fingerprint density at radius 2 is 2.07 bits per heavy atom. The van der Waals surface area contributed by atoms with Gasteiger partial charge in [-0.2, -0.15) is 0 Å². The molecule has 6 nitrogen and oxygen atoms in total. The van der Waals surface area contributed by atoms with Crippen molar-refractivity contribution in [3.8, 4) is 0 Å². The third-order valence-electron chi connectivity index (χ3n) is 5.23. The average molecular weight is 509 g/mol. The molecule has 0 saturated heterocycles. The van der Waals surface area contributed by atoms with E-state index in [-0.39, 0.29) is 35.8 Å². The van der Waals surface area contributed by atoms with Gasteiger partial charge in [0.05, 0.1) is 13.1 Å². The third-order valence-corrected chi connectivity index (χ3v) is 5.23. The fourth-order valence-electron chi connectivity index (χ4n) is 3.28. The quantitative estimate of drug-likeness (QED) is 0.337. The summed E-state index contributed by atoms with van der Waals surface area (Å²) >= 11 is 0. The molecule has 3 rings (SSSR count). The summed E-state index contributed by atoms with van der Waals surface area (Å²) in [6.07, 6.45) is 5.23. The summed E-state index contributed by atoms with van der Waals surface area (Å²) in [5.74, 6) is 1.20. The molecule has 2 N–H and O–H groups in total. The maximum atomic E-state index is 12.2. The lowest BCUT2D eigenvalue weighted by molar-refractivity contribution is -0.122. The minimum atomic E-state index is 0. The Bertz CT molecular complexity index is 828. The number of nitrogens with zero attached hydrogens (tertiary/aromatic N) is 3. The minimum absolute atomic E-state index is 0. The number of carbonyl (C=O) groups excluding carboxylic acids is 1. The van der Waals surface area contributed by atoms with Crippen molar-refractivity contribution in [3.63, 3.8) is 0 Å². The molecule has 29 heavy (non-hydrogen) atoms. The topological polar surface area (TPSA) is 61.7 Å². The highest BCUT2D eigenvalue weighted by Crippen LogP contribution is 2.27. The van der Waals surface area contributed by atoms with Crippen molar-refractivity contribution in [1.29, 1.82) is 0 Å². The van der Waals surface area contributed by atoms with Crippen LogP contribution in [0.15, 0.2) is 47.6 Å². The van der Waals surface area contributed by atoms with Crippen LogP contribution in [0.3, 0.4) is 0 Å². The molecule has 1 aliphatic carbocycles. The Hall–Kier alpha value is -2.03. The number of carbonyl (C=O) groups is 1. The third kappa shape index (κ3) is 6.48. The number of anilines is 1. The van der Waals surface area contributed by atoms with Crippen molar-refractivity contribution in [2.45, 2.75) is 39.3 Å². The zero-order chi connectivity index (χ0) is 19.9. The number of nitrogens with one attached hydrogen (secondary N) is 2. The molecule has 0 atom stereocenters. The Morgan fingerprint density at radius 3 is 2.69 bits per heavy atom. The van der Waals surface area contributed by atoms with Crippen molar-refractivity contribution in [3.05, 3.63) is 53.9 Å². The highest BCUT2D eigenvalue weighted by molar-refractivity contribution is 14.0. The van der Waals surface area contributed by atoms with Gasteiger partial charge in [-0.15, -0.1) is 24.0 Å². The van der Waals surface area contributed by atoms with E-state index >= 15 is 0 Å². The molecule has 1 aromatic heterocycles. The van der Waals surface area contributed by atoms with Gasteiger partial charge in [0.25, 0.3) is 0 Å². The number of guanidine groups is 1. The molecule has 1 fully saturated rings. The van der Waals surface area contributed by atoms with Crippen LogP contribution in [0.25, 0.3) is 0 Å². The maximum Gasteiger partial charge on any atom is 0.227 e. The molecule has 0 aliphatic heterocycles. The number of aromatic nitrogens is 1. The second-order valence-corrected chi connectivity index (χ2v) is 7.45. The second kappa shape index (κ2) is 11.2. The monoisotopic (exact) mass is 509 g/mol. The zero-order valence-electron chi connectivity index (χ0n) is 17.5. The van der Waals surface area contributed by atoms with Gasteiger partial charge in [-0.05, 0) is 49.6 Å². The van der Waals surface area contributed by atoms with Crippen LogP contribution in [0.4, 0.5) is 5.69 Å². The Kier molecular flexibility index (Phi) is 9.00. The summed E-state index contributed by atoms with van der Waals surface area (Å²) in [5.41, 5.74) is 3.16. The molecule has 1 saturated carbocycles. The SMILES string of the molecule is CCNC(=NCc1cccc(NC(=O)C2CCC2)c1)N(C)Cc1cccn1C.I. The molecule has 7 heteroatoms. The lowest BCUT2D eigenvalue weighted by Gasteiger charge is -2.24. The first-order valence-electron chi connectivity index (χ1n) is 10.1. The number of amides is 1. The molecule has 0 spiro atoms. The average Bonchev–Trinajstić information content (AvgIpc) is 3.02. The molecule has 1 amide bonds. The summed E-state index contributed by atoms with van der Waals surface area (Å²) in [4.78, 5) is 19.1. The van der Waals surface area contributed by atoms with E-state index in [1.54, 1.807) is 0 Å². The Morgan fingerprint density at radius 1 is 1.28 bits per heavy atom. The predicted octanol–water partition coefficient (Wildman–Crippen LogP) is 3.98. The lowest BCUT2D eigenvalue weighted by atomic mass is 9.85. The summed E-state index contributed by atoms with van der Waals surface area (Å²) in [5, 5.41) is 6.40. The van der Waals surface area contributed by atoms with Crippen molar-refractivity contribution in [2.75, 3.05) is 18.9 Å². The van der Waals surface area contributed by atoms with Gasteiger partial charge < -0.3 is 20.1 Å². The Balaban J connectivity index is 0.00000300. The van der Waals surface area contributed by atoms with Crippen LogP contribution in [0.2, 0.25) is 0 Å². The summed E-state index contributed by atoms with van der Waals surface area (Å²) in [6.45, 7) is 4.23. The summed E-state index contributed by atoms with van der Waals surface area (Å²) in [6, 6.07) is 12.1. The molecule has 0 radical (unpaired) electrons. The van der Waals surface area contributed by atoms with Crippen LogP contribution < -0.4 is 10.6 Å². The van der Waals surface area contributed by atoms with Crippen molar-refractivity contribution >= 4 is 41.5 Å². The minimum Gasteiger partial charge on any atom is -0.357 e. The van der Waals surface area contributed by atoms with Gasteiger partial charge in [-0.25, -0.2) is 4.99 Å². The smallest absolute Gasteiger partial charge is 0.227 e. The number of hydrogen-bond donors (Lipinski definition) is 2. The number of hydrogen-bond acceptors (Lipinski definition) is 2. The van der Waals surface area contributed by atoms with Gasteiger partial charge in [-0.1, -0.05) is 18.6 Å². The van der Waals surface area contributed by atoms with E-state index in [4.69, 9.17) is 4.99 Å². The van der Waals surface area contributed by atoms with Gasteiger partial charge in [0.15, 0.2) is 5.96 Å². The fourth-order valence-corrected chi connectivity index (χ4v) is 3.28. The highest BCUT2D eigenvalue weighted by atomic mass is 127. The van der Waals surface area contributed by atoms with Crippen molar-refractivity contribution < 1.29 is 4.79 Å². The molecule has 158 valence electrons. The second-order valence-electron chi connectivity index (χ2n) is 7.45. The van der Waals surface area contributed by atoms with Crippen LogP contribution in [-0.2, 0) is 24.9 Å². The van der Waals surface area contributed by atoms with Crippen molar-refractivity contribution in [2.24, 2.45) is 18.0 Å². The first-order chi connectivity index (χ1) is 13.6. The summed E-state index contributed by atoms with van der Waals surface area (Å²) in [7, 11) is 4.10. The standard InChI is InChI=1S/C22H31N5O.HI/c1-4-23-22(27(3)16-20-12-7-13-26(20)2)24-15-17-8-5-11-19(14-17)25-21(28)18-9-6-10-18;/h5,7-8,11-14,18H,4,6,9-10,15-16H2,1-3H3,(H,23,24)(H,25,28);1H. The van der Waals surface area contributed by atoms with E-state index in [9.17, 15) is 4.79 Å². The number of benzene rings is 1. The number of aryl methyl sites for hydroxylation is 1. The molecular weight excluding hydrogens is 477 g/mol. The molecule has 0 unspecified atom stereocenters. The highest BCUT2D eigenvalue weighted by Gasteiger charge is 2.25. The first kappa shape index (κ1) is 23.3. The number of aliphatic imine (C=N–C) groups is 1. The van der Waals surface area contributed by atoms with Crippen LogP contribution in [0, 0.1) is 5.92 Å². The lowest BCUT2D eigenvalue weighted by Crippen LogP contribution is -2.38. The molecule has 1 aliphatic rings. The van der Waals surface area contributed by atoms with Crippen LogP contribution >= 0.6 is 24.0 Å². The van der Waals surface area contributed by atoms with E-state index in [0.717, 1.165) is 49.6 Å². The fraction of sp³-hybridized carbons (Fsp3) is 0.455. The van der Waals surface area contributed by atoms with Gasteiger partial charge in [0.1, 0.15) is 0 Å².